The van der Waals surface area contributed by atoms with Crippen LogP contribution in [0.25, 0.3) is 6.08 Å². The van der Waals surface area contributed by atoms with Gasteiger partial charge in [0.25, 0.3) is 0 Å². The Bertz CT molecular complexity index is 336. The van der Waals surface area contributed by atoms with Gasteiger partial charge in [-0.15, -0.1) is 0 Å². The molecule has 2 rings (SSSR count). The summed E-state index contributed by atoms with van der Waals surface area (Å²) < 4.78 is 10.9. The van der Waals surface area contributed by atoms with Gasteiger partial charge >= 0.3 is 7.12 Å². The summed E-state index contributed by atoms with van der Waals surface area (Å²) in [4.78, 5) is 0. The Kier molecular flexibility index (Phi) is 3.21. The van der Waals surface area contributed by atoms with E-state index < -0.39 is 0 Å². The molecule has 0 aromatic heterocycles. The van der Waals surface area contributed by atoms with E-state index in [2.05, 4.69) is 6.58 Å². The van der Waals surface area contributed by atoms with Gasteiger partial charge < -0.3 is 14.4 Å². The summed E-state index contributed by atoms with van der Waals surface area (Å²) in [6.07, 6.45) is 1.59. The van der Waals surface area contributed by atoms with E-state index >= 15 is 0 Å². The van der Waals surface area contributed by atoms with E-state index in [9.17, 15) is 0 Å². The van der Waals surface area contributed by atoms with Crippen molar-refractivity contribution in [2.24, 2.45) is 0 Å². The molecule has 1 heterocycles. The van der Waals surface area contributed by atoms with Gasteiger partial charge in [0.15, 0.2) is 0 Å². The van der Waals surface area contributed by atoms with Crippen molar-refractivity contribution in [3.8, 4) is 0 Å². The normalized spacial score (nSPS) is 20.6. The minimum absolute atomic E-state index is 0.00123. The van der Waals surface area contributed by atoms with Crippen LogP contribution in [0.4, 0.5) is 0 Å². The molecule has 0 amide bonds. The van der Waals surface area contributed by atoms with Gasteiger partial charge in [0.2, 0.25) is 0 Å². The van der Waals surface area contributed by atoms with E-state index in [1.807, 2.05) is 24.3 Å². The summed E-state index contributed by atoms with van der Waals surface area (Å²) in [6, 6.07) is 7.81. The van der Waals surface area contributed by atoms with E-state index in [1.165, 1.54) is 0 Å². The third-order valence-corrected chi connectivity index (χ3v) is 2.40. The molecule has 1 saturated heterocycles. The van der Waals surface area contributed by atoms with Gasteiger partial charge in [-0.2, -0.15) is 0 Å². The molecular weight excluding hydrogens is 191 g/mol. The average molecular weight is 204 g/mol. The van der Waals surface area contributed by atoms with Crippen LogP contribution in [0.2, 0.25) is 0 Å². The number of aliphatic hydroxyl groups excluding tert-OH is 1. The Hall–Kier alpha value is -1.10. The van der Waals surface area contributed by atoms with Gasteiger partial charge in [0.1, 0.15) is 0 Å². The fourth-order valence-electron chi connectivity index (χ4n) is 1.51. The Balaban J connectivity index is 2.07. The first-order valence-corrected chi connectivity index (χ1v) is 4.94. The Morgan fingerprint density at radius 1 is 1.47 bits per heavy atom. The molecule has 1 aromatic rings. The Labute approximate surface area is 89.5 Å². The largest absolute Gasteiger partial charge is 0.494 e. The van der Waals surface area contributed by atoms with Crippen LogP contribution < -0.4 is 5.46 Å². The monoisotopic (exact) mass is 204 g/mol. The van der Waals surface area contributed by atoms with Gasteiger partial charge in [0.05, 0.1) is 19.3 Å². The molecule has 0 bridgehead atoms. The predicted octanol–water partition coefficient (Wildman–Crippen LogP) is 0.432. The van der Waals surface area contributed by atoms with Crippen molar-refractivity contribution >= 4 is 18.7 Å². The van der Waals surface area contributed by atoms with Crippen molar-refractivity contribution in [1.29, 1.82) is 0 Å². The molecule has 1 unspecified atom stereocenters. The minimum Gasteiger partial charge on any atom is -0.405 e. The Morgan fingerprint density at radius 2 is 2.20 bits per heavy atom. The zero-order valence-corrected chi connectivity index (χ0v) is 8.43. The molecule has 1 aliphatic rings. The van der Waals surface area contributed by atoms with Crippen LogP contribution in [0.15, 0.2) is 30.8 Å². The first-order valence-electron chi connectivity index (χ1n) is 4.94. The maximum absolute atomic E-state index is 8.89. The van der Waals surface area contributed by atoms with Crippen molar-refractivity contribution in [3.63, 3.8) is 0 Å². The van der Waals surface area contributed by atoms with Gasteiger partial charge in [-0.3, -0.25) is 0 Å². The summed E-state index contributed by atoms with van der Waals surface area (Å²) in [6.45, 7) is 4.14. The van der Waals surface area contributed by atoms with Crippen molar-refractivity contribution in [3.05, 3.63) is 36.4 Å². The lowest BCUT2D eigenvalue weighted by Gasteiger charge is -2.06. The van der Waals surface area contributed by atoms with Crippen LogP contribution >= 0.6 is 0 Å². The second-order valence-corrected chi connectivity index (χ2v) is 3.48. The van der Waals surface area contributed by atoms with Crippen LogP contribution in [0.3, 0.4) is 0 Å². The third kappa shape index (κ3) is 2.29. The lowest BCUT2D eigenvalue weighted by molar-refractivity contribution is 0.134. The fraction of sp³-hybridized carbons (Fsp3) is 0.273. The highest BCUT2D eigenvalue weighted by Gasteiger charge is 2.32. The molecule has 4 heteroatoms. The smallest absolute Gasteiger partial charge is 0.405 e. The number of rotatable bonds is 3. The number of aliphatic hydroxyl groups is 1. The second-order valence-electron chi connectivity index (χ2n) is 3.48. The molecule has 0 spiro atoms. The third-order valence-electron chi connectivity index (χ3n) is 2.40. The quantitative estimate of drug-likeness (QED) is 0.725. The Morgan fingerprint density at radius 3 is 2.73 bits per heavy atom. The molecule has 1 aromatic carbocycles. The first-order chi connectivity index (χ1) is 7.33. The highest BCUT2D eigenvalue weighted by molar-refractivity contribution is 6.61. The van der Waals surface area contributed by atoms with Crippen molar-refractivity contribution < 1.29 is 14.4 Å². The topological polar surface area (TPSA) is 38.7 Å². The van der Waals surface area contributed by atoms with Crippen molar-refractivity contribution in [1.82, 2.24) is 0 Å². The minimum atomic E-state index is -0.346. The molecule has 0 saturated carbocycles. The summed E-state index contributed by atoms with van der Waals surface area (Å²) in [5, 5.41) is 8.89. The molecular formula is C11H13BO3. The highest BCUT2D eigenvalue weighted by Crippen LogP contribution is 2.08. The van der Waals surface area contributed by atoms with Crippen LogP contribution in [-0.4, -0.2) is 31.5 Å². The van der Waals surface area contributed by atoms with Crippen molar-refractivity contribution in [2.45, 2.75) is 6.10 Å². The van der Waals surface area contributed by atoms with E-state index in [-0.39, 0.29) is 19.8 Å². The molecule has 15 heavy (non-hydrogen) atoms. The van der Waals surface area contributed by atoms with Crippen LogP contribution in [-0.2, 0) is 9.31 Å². The molecule has 1 aliphatic heterocycles. The maximum Gasteiger partial charge on any atom is 0.494 e. The zero-order chi connectivity index (χ0) is 10.7. The van der Waals surface area contributed by atoms with E-state index in [0.717, 1.165) is 11.0 Å². The van der Waals surface area contributed by atoms with Crippen LogP contribution in [0.1, 0.15) is 5.56 Å². The second kappa shape index (κ2) is 4.62. The van der Waals surface area contributed by atoms with E-state index in [0.29, 0.717) is 6.61 Å². The maximum atomic E-state index is 8.89. The van der Waals surface area contributed by atoms with Gasteiger partial charge in [-0.25, -0.2) is 0 Å². The number of benzene rings is 1. The van der Waals surface area contributed by atoms with E-state index in [1.54, 1.807) is 6.08 Å². The van der Waals surface area contributed by atoms with Crippen molar-refractivity contribution in [2.75, 3.05) is 13.2 Å². The highest BCUT2D eigenvalue weighted by atomic mass is 16.6. The van der Waals surface area contributed by atoms with Gasteiger partial charge in [0, 0.05) is 0 Å². The van der Waals surface area contributed by atoms with E-state index in [4.69, 9.17) is 14.4 Å². The molecule has 1 N–H and O–H groups in total. The predicted molar refractivity (Wildman–Crippen MR) is 59.8 cm³/mol. The lowest BCUT2D eigenvalue weighted by atomic mass is 9.79. The number of hydrogen-bond acceptors (Lipinski definition) is 3. The molecule has 1 fully saturated rings. The van der Waals surface area contributed by atoms with Crippen LogP contribution in [0.5, 0.6) is 0 Å². The SMILES string of the molecule is C=Cc1ccc(B2OCC(CO)O2)cc1. The average Bonchev–Trinajstić information content (AvgIpc) is 2.78. The molecule has 0 aliphatic carbocycles. The number of hydrogen-bond donors (Lipinski definition) is 1. The lowest BCUT2D eigenvalue weighted by Crippen LogP contribution is -2.32. The molecule has 0 radical (unpaired) electrons. The van der Waals surface area contributed by atoms with Gasteiger partial charge in [-0.1, -0.05) is 36.9 Å². The summed E-state index contributed by atoms with van der Waals surface area (Å²) >= 11 is 0. The summed E-state index contributed by atoms with van der Waals surface area (Å²) in [5.74, 6) is 0. The van der Waals surface area contributed by atoms with Crippen LogP contribution in [0, 0.1) is 0 Å². The van der Waals surface area contributed by atoms with Gasteiger partial charge in [-0.05, 0) is 11.0 Å². The molecule has 78 valence electrons. The first kappa shape index (κ1) is 10.4. The fourth-order valence-corrected chi connectivity index (χ4v) is 1.51. The molecule has 1 atom stereocenters. The molecule has 3 nitrogen and oxygen atoms in total. The standard InChI is InChI=1S/C11H13BO3/c1-2-9-3-5-10(6-4-9)12-14-8-11(7-13)15-12/h2-6,11,13H,1,7-8H2. The summed E-state index contributed by atoms with van der Waals surface area (Å²) in [5.41, 5.74) is 2.03. The zero-order valence-electron chi connectivity index (χ0n) is 8.43. The summed E-state index contributed by atoms with van der Waals surface area (Å²) in [7, 11) is -0.346.